The molecule has 2 N–H and O–H groups in total. The highest BCUT2D eigenvalue weighted by molar-refractivity contribution is 5.73. The number of hydrogen-bond donors (Lipinski definition) is 2. The summed E-state index contributed by atoms with van der Waals surface area (Å²) >= 11 is 0. The zero-order chi connectivity index (χ0) is 7.49. The second-order valence-electron chi connectivity index (χ2n) is 2.72. The van der Waals surface area contributed by atoms with Gasteiger partial charge in [0.1, 0.15) is 0 Å². The molecule has 3 heteroatoms. The van der Waals surface area contributed by atoms with E-state index in [9.17, 15) is 4.79 Å². The molecule has 0 aromatic carbocycles. The summed E-state index contributed by atoms with van der Waals surface area (Å²) < 4.78 is 0. The van der Waals surface area contributed by atoms with E-state index in [2.05, 4.69) is 5.32 Å². The largest absolute Gasteiger partial charge is 0.394 e. The molecule has 0 aromatic rings. The Bertz CT molecular complexity index is 110. The predicted octanol–water partition coefficient (Wildman–Crippen LogP) is 0.529. The predicted molar refractivity (Wildman–Crippen MR) is 41.7 cm³/mol. The molecule has 0 aliphatic heterocycles. The zero-order valence-electron chi connectivity index (χ0n) is 6.06. The van der Waals surface area contributed by atoms with Gasteiger partial charge in [0.05, 0.1) is 12.1 Å². The van der Waals surface area contributed by atoms with Crippen LogP contribution in [0.1, 0.15) is 28.2 Å². The summed E-state index contributed by atoms with van der Waals surface area (Å²) in [5.74, 6) is -0.117. The molecule has 0 aliphatic rings. The van der Waals surface area contributed by atoms with Crippen molar-refractivity contribution >= 4 is 5.91 Å². The maximum Gasteiger partial charge on any atom is 0.217 e. The molecule has 0 radical (unpaired) electrons. The summed E-state index contributed by atoms with van der Waals surface area (Å²) in [6, 6.07) is 0. The van der Waals surface area contributed by atoms with Gasteiger partial charge in [-0.15, -0.1) is 0 Å². The molecule has 1 amide bonds. The minimum atomic E-state index is -0.480. The molecule has 62 valence electrons. The minimum Gasteiger partial charge on any atom is -0.394 e. The van der Waals surface area contributed by atoms with E-state index >= 15 is 0 Å². The Morgan fingerprint density at radius 2 is 2.00 bits per heavy atom. The van der Waals surface area contributed by atoms with Crippen molar-refractivity contribution in [3.8, 4) is 0 Å². The van der Waals surface area contributed by atoms with Crippen molar-refractivity contribution in [2.75, 3.05) is 6.61 Å². The fourth-order valence-electron chi connectivity index (χ4n) is 0.516. The van der Waals surface area contributed by atoms with Crippen LogP contribution in [-0.2, 0) is 4.79 Å². The van der Waals surface area contributed by atoms with Crippen molar-refractivity contribution in [2.45, 2.75) is 33.7 Å². The average molecular weight is 147 g/mol. The third-order valence-corrected chi connectivity index (χ3v) is 0.910. The summed E-state index contributed by atoms with van der Waals surface area (Å²) in [5, 5.41) is 11.2. The average Bonchev–Trinajstić information content (AvgIpc) is 1.63. The lowest BCUT2D eigenvalue weighted by atomic mass is 10.1. The lowest BCUT2D eigenvalue weighted by Gasteiger charge is -2.21. The van der Waals surface area contributed by atoms with Gasteiger partial charge >= 0.3 is 0 Å². The van der Waals surface area contributed by atoms with Gasteiger partial charge in [0.15, 0.2) is 0 Å². The Hall–Kier alpha value is -0.570. The van der Waals surface area contributed by atoms with Crippen LogP contribution in [-0.4, -0.2) is 23.2 Å². The molecular formula is C7H17NO2. The van der Waals surface area contributed by atoms with Crippen molar-refractivity contribution in [3.05, 3.63) is 0 Å². The van der Waals surface area contributed by atoms with Gasteiger partial charge in [-0.05, 0) is 13.8 Å². The summed E-state index contributed by atoms with van der Waals surface area (Å²) in [6.07, 6.45) is 0. The van der Waals surface area contributed by atoms with Gasteiger partial charge in [-0.25, -0.2) is 0 Å². The SMILES string of the molecule is C.CC(=O)NC(C)(C)CO. The van der Waals surface area contributed by atoms with E-state index in [4.69, 9.17) is 5.11 Å². The lowest BCUT2D eigenvalue weighted by Crippen LogP contribution is -2.45. The Labute approximate surface area is 62.4 Å². The Morgan fingerprint density at radius 1 is 1.60 bits per heavy atom. The van der Waals surface area contributed by atoms with E-state index in [1.54, 1.807) is 13.8 Å². The molecule has 3 nitrogen and oxygen atoms in total. The van der Waals surface area contributed by atoms with Crippen molar-refractivity contribution in [2.24, 2.45) is 0 Å². The molecule has 10 heavy (non-hydrogen) atoms. The molecule has 0 aliphatic carbocycles. The first-order chi connectivity index (χ1) is 3.98. The first-order valence-corrected chi connectivity index (χ1v) is 2.87. The van der Waals surface area contributed by atoms with Crippen LogP contribution in [0.3, 0.4) is 0 Å². The molecule has 0 aromatic heterocycles. The van der Waals surface area contributed by atoms with Crippen LogP contribution < -0.4 is 5.32 Å². The molecule has 0 bridgehead atoms. The smallest absolute Gasteiger partial charge is 0.217 e. The van der Waals surface area contributed by atoms with Crippen LogP contribution in [0.2, 0.25) is 0 Å². The van der Waals surface area contributed by atoms with Gasteiger partial charge < -0.3 is 10.4 Å². The van der Waals surface area contributed by atoms with Crippen LogP contribution >= 0.6 is 0 Å². The third kappa shape index (κ3) is 5.56. The molecule has 0 saturated carbocycles. The first kappa shape index (κ1) is 12.1. The van der Waals surface area contributed by atoms with Gasteiger partial charge in [-0.2, -0.15) is 0 Å². The second-order valence-corrected chi connectivity index (χ2v) is 2.72. The standard InChI is InChI=1S/C6H13NO2.CH4/c1-5(9)7-6(2,3)4-8;/h8H,4H2,1-3H3,(H,7,9);1H4. The highest BCUT2D eigenvalue weighted by Gasteiger charge is 2.15. The molecule has 0 rings (SSSR count). The van der Waals surface area contributed by atoms with E-state index in [1.807, 2.05) is 0 Å². The third-order valence-electron chi connectivity index (χ3n) is 0.910. The summed E-state index contributed by atoms with van der Waals surface area (Å²) in [5.41, 5.74) is -0.480. The second kappa shape index (κ2) is 4.28. The summed E-state index contributed by atoms with van der Waals surface area (Å²) in [6.45, 7) is 4.91. The lowest BCUT2D eigenvalue weighted by molar-refractivity contribution is -0.121. The van der Waals surface area contributed by atoms with Crippen molar-refractivity contribution in [1.29, 1.82) is 0 Å². The first-order valence-electron chi connectivity index (χ1n) is 2.87. The van der Waals surface area contributed by atoms with Crippen LogP contribution in [0.4, 0.5) is 0 Å². The van der Waals surface area contributed by atoms with E-state index in [1.165, 1.54) is 6.92 Å². The van der Waals surface area contributed by atoms with Gasteiger partial charge in [0.2, 0.25) is 5.91 Å². The van der Waals surface area contributed by atoms with Crippen molar-refractivity contribution < 1.29 is 9.90 Å². The zero-order valence-corrected chi connectivity index (χ0v) is 6.06. The van der Waals surface area contributed by atoms with Crippen LogP contribution in [0.25, 0.3) is 0 Å². The Balaban J connectivity index is 0. The fourth-order valence-corrected chi connectivity index (χ4v) is 0.516. The monoisotopic (exact) mass is 147 g/mol. The van der Waals surface area contributed by atoms with E-state index in [0.29, 0.717) is 0 Å². The number of amides is 1. The number of carbonyl (C=O) groups excluding carboxylic acids is 1. The Kier molecular flexibility index (Phi) is 5.19. The topological polar surface area (TPSA) is 49.3 Å². The molecule has 0 unspecified atom stereocenters. The van der Waals surface area contributed by atoms with E-state index in [-0.39, 0.29) is 19.9 Å². The van der Waals surface area contributed by atoms with E-state index in [0.717, 1.165) is 0 Å². The van der Waals surface area contributed by atoms with Crippen molar-refractivity contribution in [3.63, 3.8) is 0 Å². The number of carbonyl (C=O) groups is 1. The minimum absolute atomic E-state index is 0. The Morgan fingerprint density at radius 3 is 2.10 bits per heavy atom. The van der Waals surface area contributed by atoms with Crippen LogP contribution in [0.5, 0.6) is 0 Å². The van der Waals surface area contributed by atoms with Crippen LogP contribution in [0.15, 0.2) is 0 Å². The van der Waals surface area contributed by atoms with Gasteiger partial charge in [-0.3, -0.25) is 4.79 Å². The number of aliphatic hydroxyl groups is 1. The quantitative estimate of drug-likeness (QED) is 0.598. The van der Waals surface area contributed by atoms with Crippen molar-refractivity contribution in [1.82, 2.24) is 5.32 Å². The molecule has 0 spiro atoms. The summed E-state index contributed by atoms with van der Waals surface area (Å²) in [4.78, 5) is 10.4. The highest BCUT2D eigenvalue weighted by atomic mass is 16.3. The van der Waals surface area contributed by atoms with Gasteiger partial charge in [-0.1, -0.05) is 7.43 Å². The van der Waals surface area contributed by atoms with E-state index < -0.39 is 5.54 Å². The molecule has 0 heterocycles. The fraction of sp³-hybridized carbons (Fsp3) is 0.857. The number of hydrogen-bond acceptors (Lipinski definition) is 2. The molecule has 0 fully saturated rings. The summed E-state index contributed by atoms with van der Waals surface area (Å²) in [7, 11) is 0. The maximum atomic E-state index is 10.4. The van der Waals surface area contributed by atoms with Crippen LogP contribution in [0, 0.1) is 0 Å². The molecular weight excluding hydrogens is 130 g/mol. The number of nitrogens with one attached hydrogen (secondary N) is 1. The number of rotatable bonds is 2. The molecule has 0 atom stereocenters. The number of aliphatic hydroxyl groups excluding tert-OH is 1. The molecule has 0 saturated heterocycles. The van der Waals surface area contributed by atoms with Gasteiger partial charge in [0, 0.05) is 6.92 Å². The van der Waals surface area contributed by atoms with Gasteiger partial charge in [0.25, 0.3) is 0 Å². The highest BCUT2D eigenvalue weighted by Crippen LogP contribution is 1.97. The maximum absolute atomic E-state index is 10.4. The normalized spacial score (nSPS) is 10.0.